The Morgan fingerprint density at radius 3 is 0.922 bits per heavy atom. The maximum absolute atomic E-state index is 11.9. The van der Waals surface area contributed by atoms with Crippen LogP contribution in [-0.4, -0.2) is 194 Å². The minimum Gasteiger partial charge on any atom is -0.497 e. The van der Waals surface area contributed by atoms with Crippen LogP contribution in [0.5, 0.6) is 23.0 Å². The first kappa shape index (κ1) is 99.2. The molecule has 0 saturated carbocycles. The molecule has 4 aromatic rings. The van der Waals surface area contributed by atoms with E-state index in [1.54, 1.807) is 65.8 Å². The Kier molecular flexibility index (Phi) is 51.9. The molecule has 0 atom stereocenters. The van der Waals surface area contributed by atoms with E-state index >= 15 is 0 Å². The van der Waals surface area contributed by atoms with Gasteiger partial charge < -0.3 is 80.8 Å². The lowest BCUT2D eigenvalue weighted by Gasteiger charge is -2.33. The first-order valence-corrected chi connectivity index (χ1v) is 37.9. The highest BCUT2D eigenvalue weighted by Crippen LogP contribution is 2.39. The summed E-state index contributed by atoms with van der Waals surface area (Å²) < 4.78 is 38.1. The minimum atomic E-state index is -0.967. The average molecular weight is 1540 g/mol. The number of hydrogen-bond acceptors (Lipinski definition) is 25. The van der Waals surface area contributed by atoms with Crippen LogP contribution in [0.2, 0.25) is 0 Å². The van der Waals surface area contributed by atoms with Crippen LogP contribution in [0.4, 0.5) is 0 Å². The monoisotopic (exact) mass is 1540 g/mol. The van der Waals surface area contributed by atoms with Crippen molar-refractivity contribution in [3.63, 3.8) is 0 Å². The van der Waals surface area contributed by atoms with E-state index in [9.17, 15) is 39.0 Å². The van der Waals surface area contributed by atoms with E-state index in [4.69, 9.17) is 39.9 Å². The zero-order valence-electron chi connectivity index (χ0n) is 65.1. The zero-order chi connectivity index (χ0) is 79.0. The SMILES string of the molecule is CNCC(CNC)C(C)(C)S.COC(=O)C(C(=O)OC)=C(C)C.COC(=O)C(C(=O)OC)C(C)(C)SCc1ccc(OC)cc1.COc1ccc(CSC(C)(C)C(CN)CN)cc1.COc1ccc(CSC(C)(C)C(CNC=O)CNC=O)cc1.COc1ccc(CSC(C)(C)C(CO)CO)cc1. The Hall–Kier alpha value is -5.85. The number of ether oxygens (including phenoxy) is 8. The van der Waals surface area contributed by atoms with Crippen LogP contribution in [0.25, 0.3) is 0 Å². The van der Waals surface area contributed by atoms with E-state index in [0.717, 1.165) is 58.9 Å². The predicted octanol–water partition coefficient (Wildman–Crippen LogP) is 10.5. The van der Waals surface area contributed by atoms with Crippen LogP contribution in [0, 0.1) is 29.6 Å². The van der Waals surface area contributed by atoms with Crippen molar-refractivity contribution in [2.24, 2.45) is 41.1 Å². The second kappa shape index (κ2) is 53.8. The molecule has 10 N–H and O–H groups in total. The standard InChI is InChI=1S/C16H24N2O3S.C16H22O5S.C14H24N2OS.C14H22O3S.C8H20N2S.C8H12O4/c1-16(2,14(8-17-11-19)9-18-12-20)22-10-13-4-6-15(21-3)7-5-13;1-16(2,13(14(17)20-4)15(18)21-5)22-10-11-6-8-12(19-3)9-7-11;2*1-14(2,12(8-15)9-16)18-10-11-4-6-13(17-3)7-5-11;1-8(2,11)7(5-9-3)6-10-4;1-5(2)6(7(9)11-3)8(10)12-4/h4-7,11-12,14H,8-10H2,1-3H3,(H,17,19)(H,18,20);6-9,13H,10H2,1-5H3;4-7,12H,8-10,15-16H2,1-3H3;4-7,12,15-16H,8-10H2,1-3H3;7,9-11H,5-6H2,1-4H3;1-4H3. The molecule has 4 aromatic carbocycles. The molecule has 103 heavy (non-hydrogen) atoms. The number of allylic oxidation sites excluding steroid dienone is 1. The van der Waals surface area contributed by atoms with E-state index in [0.29, 0.717) is 62.2 Å². The molecule has 584 valence electrons. The molecule has 0 aliphatic carbocycles. The normalized spacial score (nSPS) is 11.3. The first-order valence-electron chi connectivity index (χ1n) is 33.6. The van der Waals surface area contributed by atoms with Gasteiger partial charge in [-0.2, -0.15) is 47.9 Å². The quantitative estimate of drug-likeness (QED) is 0.00381. The summed E-state index contributed by atoms with van der Waals surface area (Å²) in [6.07, 6.45) is 1.39. The maximum Gasteiger partial charge on any atom is 0.345 e. The number of thiol groups is 1. The topological polar surface area (TPSA) is 317 Å². The average Bonchev–Trinajstić information content (AvgIpc) is 0.825. The van der Waals surface area contributed by atoms with Gasteiger partial charge in [-0.25, -0.2) is 9.59 Å². The van der Waals surface area contributed by atoms with Gasteiger partial charge in [-0.3, -0.25) is 19.2 Å². The Morgan fingerprint density at radius 2 is 0.709 bits per heavy atom. The van der Waals surface area contributed by atoms with E-state index in [1.807, 2.05) is 125 Å². The molecule has 0 aliphatic heterocycles. The summed E-state index contributed by atoms with van der Waals surface area (Å²) >= 11 is 11.5. The number of esters is 4. The van der Waals surface area contributed by atoms with Crippen LogP contribution in [-0.2, 0) is 70.7 Å². The summed E-state index contributed by atoms with van der Waals surface area (Å²) in [5.74, 6) is 4.21. The van der Waals surface area contributed by atoms with Crippen LogP contribution in [0.3, 0.4) is 0 Å². The number of thioether (sulfide) groups is 4. The third-order valence-corrected chi connectivity index (χ3v) is 23.2. The van der Waals surface area contributed by atoms with Gasteiger partial charge in [0.1, 0.15) is 28.6 Å². The summed E-state index contributed by atoms with van der Waals surface area (Å²) in [4.78, 5) is 66.8. The fourth-order valence-electron chi connectivity index (χ4n) is 9.17. The zero-order valence-corrected chi connectivity index (χ0v) is 69.3. The van der Waals surface area contributed by atoms with E-state index in [2.05, 4.69) is 111 Å². The maximum atomic E-state index is 11.9. The number of carbonyl (C=O) groups excluding carboxylic acids is 6. The molecule has 0 unspecified atom stereocenters. The van der Waals surface area contributed by atoms with Crippen molar-refractivity contribution in [1.29, 1.82) is 0 Å². The van der Waals surface area contributed by atoms with Crippen LogP contribution in [0.15, 0.2) is 108 Å². The van der Waals surface area contributed by atoms with Gasteiger partial charge in [0.2, 0.25) is 12.8 Å². The number of carbonyl (C=O) groups is 6. The molecule has 0 saturated heterocycles. The van der Waals surface area contributed by atoms with Gasteiger partial charge in [-0.15, -0.1) is 11.8 Å². The fraction of sp³-hybridized carbons (Fsp3) is 0.579. The molecular weight excluding hydrogens is 1410 g/mol. The molecule has 0 aromatic heterocycles. The number of amides is 2. The Morgan fingerprint density at radius 1 is 0.437 bits per heavy atom. The molecular formula is C76H124N6O16S5. The summed E-state index contributed by atoms with van der Waals surface area (Å²) in [6, 6.07) is 31.8. The lowest BCUT2D eigenvalue weighted by Crippen LogP contribution is -2.42. The largest absolute Gasteiger partial charge is 0.497 e. The van der Waals surface area contributed by atoms with Crippen LogP contribution in [0.1, 0.15) is 105 Å². The number of benzene rings is 4. The molecule has 0 bridgehead atoms. The van der Waals surface area contributed by atoms with Gasteiger partial charge in [-0.05, 0) is 138 Å². The van der Waals surface area contributed by atoms with Crippen molar-refractivity contribution in [2.75, 3.05) is 123 Å². The van der Waals surface area contributed by atoms with Crippen molar-refractivity contribution < 1.29 is 76.9 Å². The van der Waals surface area contributed by atoms with Gasteiger partial charge in [0.15, 0.2) is 5.92 Å². The van der Waals surface area contributed by atoms with E-state index in [-0.39, 0.29) is 49.6 Å². The second-order valence-corrected chi connectivity index (χ2v) is 33.9. The van der Waals surface area contributed by atoms with Gasteiger partial charge in [0, 0.05) is 98.0 Å². The number of aliphatic hydroxyl groups excluding tert-OH is 2. The summed E-state index contributed by atoms with van der Waals surface area (Å²) in [5.41, 5.74) is 16.9. The molecule has 0 heterocycles. The molecule has 0 aliphatic rings. The van der Waals surface area contributed by atoms with Crippen molar-refractivity contribution in [2.45, 2.75) is 130 Å². The summed E-state index contributed by atoms with van der Waals surface area (Å²) in [5, 5.41) is 30.2. The Balaban J connectivity index is 0. The van der Waals surface area contributed by atoms with Gasteiger partial charge in [-0.1, -0.05) is 109 Å². The minimum absolute atomic E-state index is 0.0130. The highest BCUT2D eigenvalue weighted by molar-refractivity contribution is 8.00. The highest BCUT2D eigenvalue weighted by atomic mass is 32.2. The highest BCUT2D eigenvalue weighted by Gasteiger charge is 2.43. The van der Waals surface area contributed by atoms with Crippen LogP contribution >= 0.6 is 59.7 Å². The number of methoxy groups -OCH3 is 8. The third-order valence-electron chi connectivity index (χ3n) is 16.7. The molecule has 4 rings (SSSR count). The van der Waals surface area contributed by atoms with Crippen molar-refractivity contribution in [1.82, 2.24) is 21.3 Å². The molecule has 22 nitrogen and oxygen atoms in total. The van der Waals surface area contributed by atoms with Gasteiger partial charge >= 0.3 is 23.9 Å². The number of nitrogens with two attached hydrogens (primary N) is 2. The van der Waals surface area contributed by atoms with Gasteiger partial charge in [0.25, 0.3) is 0 Å². The van der Waals surface area contributed by atoms with Crippen molar-refractivity contribution in [3.8, 4) is 23.0 Å². The number of rotatable bonds is 39. The van der Waals surface area contributed by atoms with E-state index in [1.165, 1.54) is 56.9 Å². The fourth-order valence-corrected chi connectivity index (χ4v) is 13.8. The first-order chi connectivity index (χ1) is 48.5. The lowest BCUT2D eigenvalue weighted by atomic mass is 9.94. The van der Waals surface area contributed by atoms with E-state index < -0.39 is 34.5 Å². The number of nitrogens with one attached hydrogen (secondary N) is 4. The summed E-state index contributed by atoms with van der Waals surface area (Å²) in [6.45, 7) is 28.4. The van der Waals surface area contributed by atoms with Crippen LogP contribution < -0.4 is 51.7 Å². The molecule has 0 spiro atoms. The third kappa shape index (κ3) is 39.9. The van der Waals surface area contributed by atoms with Crippen molar-refractivity contribution >= 4 is 96.4 Å². The summed E-state index contributed by atoms with van der Waals surface area (Å²) in [7, 11) is 15.5. The number of hydrogen-bond donors (Lipinski definition) is 9. The molecule has 27 heteroatoms. The van der Waals surface area contributed by atoms with Crippen molar-refractivity contribution in [3.05, 3.63) is 130 Å². The smallest absolute Gasteiger partial charge is 0.345 e. The Labute approximate surface area is 638 Å². The second-order valence-electron chi connectivity index (χ2n) is 26.2. The molecule has 0 radical (unpaired) electrons. The molecule has 0 fully saturated rings. The predicted molar refractivity (Wildman–Crippen MR) is 429 cm³/mol. The molecule has 2 amide bonds. The number of aliphatic hydroxyl groups is 2. The lowest BCUT2D eigenvalue weighted by molar-refractivity contribution is -0.160. The Bertz CT molecular complexity index is 2880. The van der Waals surface area contributed by atoms with Gasteiger partial charge in [0.05, 0.1) is 56.9 Å².